The Balaban J connectivity index is 1.47. The summed E-state index contributed by atoms with van der Waals surface area (Å²) < 4.78 is 21.2. The highest BCUT2D eigenvalue weighted by atomic mass is 19.1. The van der Waals surface area contributed by atoms with Gasteiger partial charge in [0.05, 0.1) is 17.7 Å². The normalized spacial score (nSPS) is 10.9. The van der Waals surface area contributed by atoms with Gasteiger partial charge in [0.2, 0.25) is 12.2 Å². The monoisotopic (exact) mass is 365 g/mol. The lowest BCUT2D eigenvalue weighted by Crippen LogP contribution is -2.37. The molecule has 8 heteroatoms. The van der Waals surface area contributed by atoms with Crippen LogP contribution in [0, 0.1) is 5.82 Å². The molecule has 0 aliphatic carbocycles. The molecule has 4 aromatic rings. The lowest BCUT2D eigenvalue weighted by Gasteiger charge is -2.16. The molecule has 0 aliphatic heterocycles. The third-order valence-corrected chi connectivity index (χ3v) is 4.22. The van der Waals surface area contributed by atoms with Gasteiger partial charge in [-0.1, -0.05) is 17.3 Å². The summed E-state index contributed by atoms with van der Waals surface area (Å²) in [5, 5.41) is 3.87. The Labute approximate surface area is 155 Å². The SMILES string of the molecule is CN(CC[n+]1cc[nH]c1)c1ccc(-c2nc(-c3ccccc3F)no2)cn1. The largest absolute Gasteiger partial charge is 0.356 e. The van der Waals surface area contributed by atoms with Gasteiger partial charge in [-0.15, -0.1) is 0 Å². The van der Waals surface area contributed by atoms with Gasteiger partial charge < -0.3 is 9.42 Å². The van der Waals surface area contributed by atoms with E-state index in [2.05, 4.69) is 29.6 Å². The van der Waals surface area contributed by atoms with Crippen LogP contribution in [0.4, 0.5) is 10.2 Å². The number of hydrogen-bond donors (Lipinski definition) is 1. The summed E-state index contributed by atoms with van der Waals surface area (Å²) in [6.45, 7) is 1.66. The van der Waals surface area contributed by atoms with E-state index in [1.165, 1.54) is 6.07 Å². The van der Waals surface area contributed by atoms with E-state index in [0.29, 0.717) is 17.0 Å². The van der Waals surface area contributed by atoms with Crippen LogP contribution < -0.4 is 9.47 Å². The fraction of sp³-hybridized carbons (Fsp3) is 0.158. The maximum atomic E-state index is 13.9. The molecule has 1 N–H and O–H groups in total. The minimum Gasteiger partial charge on any atom is -0.356 e. The van der Waals surface area contributed by atoms with Crippen molar-refractivity contribution in [3.63, 3.8) is 0 Å². The van der Waals surface area contributed by atoms with E-state index in [4.69, 9.17) is 4.52 Å². The molecule has 0 amide bonds. The number of H-pyrrole nitrogens is 1. The molecule has 0 bridgehead atoms. The quantitative estimate of drug-likeness (QED) is 0.532. The molecule has 4 rings (SSSR count). The van der Waals surface area contributed by atoms with Crippen molar-refractivity contribution in [1.29, 1.82) is 0 Å². The Morgan fingerprint density at radius 1 is 1.22 bits per heavy atom. The van der Waals surface area contributed by atoms with Crippen molar-refractivity contribution in [2.24, 2.45) is 0 Å². The van der Waals surface area contributed by atoms with Crippen molar-refractivity contribution in [2.45, 2.75) is 6.54 Å². The number of likely N-dealkylation sites (N-methyl/N-ethyl adjacent to an activating group) is 1. The molecule has 3 heterocycles. The molecule has 0 aliphatic rings. The van der Waals surface area contributed by atoms with E-state index in [9.17, 15) is 4.39 Å². The summed E-state index contributed by atoms with van der Waals surface area (Å²) in [6, 6.07) is 10.1. The smallest absolute Gasteiger partial charge is 0.259 e. The first kappa shape index (κ1) is 16.9. The van der Waals surface area contributed by atoms with Crippen LogP contribution in [-0.4, -0.2) is 33.7 Å². The third-order valence-electron chi connectivity index (χ3n) is 4.22. The zero-order chi connectivity index (χ0) is 18.6. The Bertz CT molecular complexity index is 1010. The fourth-order valence-electron chi connectivity index (χ4n) is 2.67. The van der Waals surface area contributed by atoms with Crippen molar-refractivity contribution in [1.82, 2.24) is 20.1 Å². The van der Waals surface area contributed by atoms with Crippen molar-refractivity contribution in [2.75, 3.05) is 18.5 Å². The summed E-state index contributed by atoms with van der Waals surface area (Å²) in [6.07, 6.45) is 7.45. The van der Waals surface area contributed by atoms with Gasteiger partial charge in [-0.05, 0) is 24.3 Å². The first-order valence-corrected chi connectivity index (χ1v) is 8.49. The van der Waals surface area contributed by atoms with Crippen LogP contribution in [0.1, 0.15) is 0 Å². The second-order valence-electron chi connectivity index (χ2n) is 6.08. The van der Waals surface area contributed by atoms with Crippen LogP contribution in [0.25, 0.3) is 22.8 Å². The molecule has 0 spiro atoms. The molecule has 0 atom stereocenters. The number of nitrogens with one attached hydrogen (secondary N) is 1. The van der Waals surface area contributed by atoms with Gasteiger partial charge in [0, 0.05) is 13.2 Å². The summed E-state index contributed by atoms with van der Waals surface area (Å²) in [4.78, 5) is 13.8. The number of benzene rings is 1. The van der Waals surface area contributed by atoms with Crippen LogP contribution in [0.15, 0.2) is 65.8 Å². The molecular formula is C19H18FN6O+. The Kier molecular flexibility index (Phi) is 4.61. The second kappa shape index (κ2) is 7.36. The average Bonchev–Trinajstić information content (AvgIpc) is 3.39. The number of halogens is 1. The minimum atomic E-state index is -0.389. The number of nitrogens with zero attached hydrogens (tertiary/aromatic N) is 5. The molecule has 1 aromatic carbocycles. The summed E-state index contributed by atoms with van der Waals surface area (Å²) in [5.41, 5.74) is 0.987. The third kappa shape index (κ3) is 3.69. The molecule has 0 unspecified atom stereocenters. The van der Waals surface area contributed by atoms with Crippen LogP contribution in [0.2, 0.25) is 0 Å². The summed E-state index contributed by atoms with van der Waals surface area (Å²) in [7, 11) is 1.98. The predicted octanol–water partition coefficient (Wildman–Crippen LogP) is 2.69. The molecule has 3 aromatic heterocycles. The van der Waals surface area contributed by atoms with Gasteiger partial charge in [0.15, 0.2) is 0 Å². The highest BCUT2D eigenvalue weighted by Gasteiger charge is 2.14. The number of hydrogen-bond acceptors (Lipinski definition) is 5. The zero-order valence-corrected chi connectivity index (χ0v) is 14.7. The lowest BCUT2D eigenvalue weighted by molar-refractivity contribution is -0.693. The Morgan fingerprint density at radius 2 is 2.11 bits per heavy atom. The van der Waals surface area contributed by atoms with E-state index in [-0.39, 0.29) is 11.6 Å². The van der Waals surface area contributed by atoms with Crippen LogP contribution in [0.5, 0.6) is 0 Å². The predicted molar refractivity (Wildman–Crippen MR) is 97.2 cm³/mol. The summed E-state index contributed by atoms with van der Waals surface area (Å²) in [5.74, 6) is 0.967. The van der Waals surface area contributed by atoms with Crippen molar-refractivity contribution in [3.8, 4) is 22.8 Å². The van der Waals surface area contributed by atoms with E-state index < -0.39 is 0 Å². The average molecular weight is 365 g/mol. The number of rotatable bonds is 6. The molecule has 0 fully saturated rings. The number of aromatic amines is 1. The lowest BCUT2D eigenvalue weighted by atomic mass is 10.2. The zero-order valence-electron chi connectivity index (χ0n) is 14.7. The van der Waals surface area contributed by atoms with Crippen molar-refractivity contribution >= 4 is 5.82 Å². The maximum Gasteiger partial charge on any atom is 0.259 e. The first-order valence-electron chi connectivity index (χ1n) is 8.49. The second-order valence-corrected chi connectivity index (χ2v) is 6.08. The Morgan fingerprint density at radius 3 is 2.85 bits per heavy atom. The van der Waals surface area contributed by atoms with Crippen molar-refractivity contribution in [3.05, 3.63) is 67.1 Å². The number of aromatic nitrogens is 5. The number of anilines is 1. The maximum absolute atomic E-state index is 13.9. The highest BCUT2D eigenvalue weighted by molar-refractivity contribution is 5.60. The Hall–Kier alpha value is -3.55. The topological polar surface area (TPSA) is 74.7 Å². The van der Waals surface area contributed by atoms with E-state index >= 15 is 0 Å². The molecule has 136 valence electrons. The van der Waals surface area contributed by atoms with Crippen molar-refractivity contribution < 1.29 is 13.5 Å². The van der Waals surface area contributed by atoms with Gasteiger partial charge in [0.25, 0.3) is 5.89 Å². The number of pyridine rings is 1. The molecule has 27 heavy (non-hydrogen) atoms. The van der Waals surface area contributed by atoms with E-state index in [1.54, 1.807) is 24.4 Å². The molecule has 0 saturated heterocycles. The van der Waals surface area contributed by atoms with E-state index in [0.717, 1.165) is 18.9 Å². The van der Waals surface area contributed by atoms with Gasteiger partial charge in [-0.25, -0.2) is 13.9 Å². The first-order chi connectivity index (χ1) is 13.2. The van der Waals surface area contributed by atoms with Crippen LogP contribution >= 0.6 is 0 Å². The highest BCUT2D eigenvalue weighted by Crippen LogP contribution is 2.24. The molecular weight excluding hydrogens is 347 g/mol. The van der Waals surface area contributed by atoms with Crippen LogP contribution in [-0.2, 0) is 6.54 Å². The molecule has 0 radical (unpaired) electrons. The number of imidazole rings is 1. The summed E-state index contributed by atoms with van der Waals surface area (Å²) >= 11 is 0. The minimum absolute atomic E-state index is 0.216. The standard InChI is InChI=1S/C19H17FN6O/c1-25(10-11-26-9-8-21-13-26)17-7-6-14(12-22-17)19-23-18(24-27-19)15-4-2-3-5-16(15)20/h2-9,12-13H,10-11H2,1H3/p+1. The fourth-order valence-corrected chi connectivity index (χ4v) is 2.67. The van der Waals surface area contributed by atoms with Crippen LogP contribution in [0.3, 0.4) is 0 Å². The molecule has 0 saturated carbocycles. The van der Waals surface area contributed by atoms with Gasteiger partial charge in [-0.2, -0.15) is 4.98 Å². The van der Waals surface area contributed by atoms with E-state index in [1.807, 2.05) is 37.9 Å². The van der Waals surface area contributed by atoms with Gasteiger partial charge in [-0.3, -0.25) is 4.98 Å². The van der Waals surface area contributed by atoms with Gasteiger partial charge in [0.1, 0.15) is 30.6 Å². The molecule has 7 nitrogen and oxygen atoms in total. The van der Waals surface area contributed by atoms with Gasteiger partial charge >= 0.3 is 0 Å².